The first-order valence-electron chi connectivity index (χ1n) is 20.2. The topological polar surface area (TPSA) is 119 Å². The van der Waals surface area contributed by atoms with Crippen LogP contribution >= 0.6 is 0 Å². The molecule has 1 aromatic rings. The summed E-state index contributed by atoms with van der Waals surface area (Å²) in [6, 6.07) is 6.41. The van der Waals surface area contributed by atoms with E-state index in [9.17, 15) is 28.7 Å². The van der Waals surface area contributed by atoms with E-state index in [1.54, 1.807) is 26.0 Å². The van der Waals surface area contributed by atoms with Gasteiger partial charge in [-0.25, -0.2) is 4.39 Å². The Bertz CT molecular complexity index is 1630. The van der Waals surface area contributed by atoms with Crippen LogP contribution in [-0.4, -0.2) is 47.6 Å². The van der Waals surface area contributed by atoms with Crippen LogP contribution in [0.4, 0.5) is 4.39 Å². The summed E-state index contributed by atoms with van der Waals surface area (Å²) in [6.45, 7) is 17.0. The van der Waals surface area contributed by atoms with Crippen molar-refractivity contribution in [3.63, 3.8) is 0 Å². The number of hydrogen-bond donors (Lipinski definition) is 2. The molecule has 5 aliphatic rings. The van der Waals surface area contributed by atoms with E-state index < -0.39 is 28.9 Å². The number of halogens is 1. The molecular weight excluding hydrogens is 673 g/mol. The fraction of sp³-hybridized carbons (Fsp3) is 0.727. The minimum Gasteiger partial charge on any atom is -0.481 e. The monoisotopic (exact) mass is 735 g/mol. The van der Waals surface area contributed by atoms with Crippen molar-refractivity contribution in [1.82, 2.24) is 5.32 Å². The van der Waals surface area contributed by atoms with Crippen LogP contribution < -0.4 is 5.32 Å². The second-order valence-corrected chi connectivity index (χ2v) is 18.9. The zero-order chi connectivity index (χ0) is 38.7. The molecule has 0 heterocycles. The van der Waals surface area contributed by atoms with Gasteiger partial charge in [0.2, 0.25) is 0 Å². The van der Waals surface area contributed by atoms with Crippen molar-refractivity contribution in [3.8, 4) is 0 Å². The van der Waals surface area contributed by atoms with E-state index >= 15 is 0 Å². The van der Waals surface area contributed by atoms with Gasteiger partial charge in [0.1, 0.15) is 18.0 Å². The lowest BCUT2D eigenvalue weighted by Gasteiger charge is -2.67. The lowest BCUT2D eigenvalue weighted by molar-refractivity contribution is -0.194. The lowest BCUT2D eigenvalue weighted by Crippen LogP contribution is -2.61. The number of fused-ring (bicyclic) bond motifs is 7. The predicted molar refractivity (Wildman–Crippen MR) is 200 cm³/mol. The molecule has 4 fully saturated rings. The highest BCUT2D eigenvalue weighted by Gasteiger charge is 2.66. The third-order valence-corrected chi connectivity index (χ3v) is 15.1. The molecule has 0 radical (unpaired) electrons. The maximum atomic E-state index is 14.1. The first-order valence-corrected chi connectivity index (χ1v) is 20.2. The average molecular weight is 736 g/mol. The minimum atomic E-state index is -1.17. The summed E-state index contributed by atoms with van der Waals surface area (Å²) < 4.78 is 25.8. The number of hydrogen-bond acceptors (Lipinski definition) is 7. The maximum Gasteiger partial charge on any atom is 0.309 e. The van der Waals surface area contributed by atoms with E-state index in [0.717, 1.165) is 62.5 Å². The predicted octanol–water partition coefficient (Wildman–Crippen LogP) is 8.46. The summed E-state index contributed by atoms with van der Waals surface area (Å²) in [7, 11) is 0. The fourth-order valence-corrected chi connectivity index (χ4v) is 12.7. The number of esters is 2. The molecule has 292 valence electrons. The summed E-state index contributed by atoms with van der Waals surface area (Å²) in [5.41, 5.74) is 1.61. The van der Waals surface area contributed by atoms with Crippen LogP contribution in [0.5, 0.6) is 0 Å². The number of Topliss-reactive ketones (excluding diaryl/α,β-unsaturated/α-hetero) is 1. The SMILES string of the molecule is CC(=O)OC(CNCc1ccc(F)cc1)C12CCC3C(CCC4C3(C)CCC3C(C)C(OC(=O)CC(C)(C)C(=O)O)CCC34C)C1=C(C(C)C)C(=O)C2. The Morgan fingerprint density at radius 1 is 0.981 bits per heavy atom. The van der Waals surface area contributed by atoms with Gasteiger partial charge in [-0.3, -0.25) is 19.2 Å². The van der Waals surface area contributed by atoms with Gasteiger partial charge in [0.25, 0.3) is 0 Å². The Morgan fingerprint density at radius 3 is 2.26 bits per heavy atom. The van der Waals surface area contributed by atoms with Crippen molar-refractivity contribution < 1.29 is 38.1 Å². The number of carboxylic acids is 1. The van der Waals surface area contributed by atoms with Gasteiger partial charge < -0.3 is 19.9 Å². The Hall–Kier alpha value is -3.07. The number of ether oxygens (including phenoxy) is 2. The molecule has 0 amide bonds. The molecule has 0 aliphatic heterocycles. The summed E-state index contributed by atoms with van der Waals surface area (Å²) in [5.74, 6) is -0.0496. The van der Waals surface area contributed by atoms with Gasteiger partial charge >= 0.3 is 17.9 Å². The van der Waals surface area contributed by atoms with Crippen LogP contribution in [0.2, 0.25) is 0 Å². The van der Waals surface area contributed by atoms with Gasteiger partial charge in [0.15, 0.2) is 5.78 Å². The second-order valence-electron chi connectivity index (χ2n) is 18.9. The molecule has 1 aromatic carbocycles. The molecule has 0 saturated heterocycles. The van der Waals surface area contributed by atoms with Gasteiger partial charge in [-0.1, -0.05) is 46.8 Å². The van der Waals surface area contributed by atoms with E-state index in [4.69, 9.17) is 9.47 Å². The molecule has 53 heavy (non-hydrogen) atoms. The number of carboxylic acid groups (broad SMARTS) is 1. The molecule has 8 nitrogen and oxygen atoms in total. The lowest BCUT2D eigenvalue weighted by atomic mass is 9.38. The van der Waals surface area contributed by atoms with Crippen LogP contribution in [0.25, 0.3) is 0 Å². The number of allylic oxidation sites excluding steroid dienone is 1. The van der Waals surface area contributed by atoms with Crippen molar-refractivity contribution in [2.24, 2.45) is 57.2 Å². The van der Waals surface area contributed by atoms with Crippen molar-refractivity contribution in [2.45, 2.75) is 138 Å². The molecule has 0 aromatic heterocycles. The summed E-state index contributed by atoms with van der Waals surface area (Å²) in [6.07, 6.45) is 7.25. The first-order chi connectivity index (χ1) is 24.8. The smallest absolute Gasteiger partial charge is 0.309 e. The maximum absolute atomic E-state index is 14.1. The van der Waals surface area contributed by atoms with Gasteiger partial charge in [-0.05, 0) is 140 Å². The van der Waals surface area contributed by atoms with Crippen LogP contribution in [0, 0.1) is 63.0 Å². The zero-order valence-electron chi connectivity index (χ0n) is 33.2. The fourth-order valence-electron chi connectivity index (χ4n) is 12.7. The van der Waals surface area contributed by atoms with Gasteiger partial charge in [0.05, 0.1) is 11.8 Å². The zero-order valence-corrected chi connectivity index (χ0v) is 33.2. The van der Waals surface area contributed by atoms with Gasteiger partial charge in [0, 0.05) is 31.8 Å². The number of ketones is 1. The quantitative estimate of drug-likeness (QED) is 0.218. The molecule has 6 rings (SSSR count). The van der Waals surface area contributed by atoms with Crippen molar-refractivity contribution in [1.29, 1.82) is 0 Å². The highest BCUT2D eigenvalue weighted by atomic mass is 19.1. The number of benzene rings is 1. The molecule has 10 unspecified atom stereocenters. The minimum absolute atomic E-state index is 0.0713. The molecular formula is C44H62FNO7. The molecule has 2 N–H and O–H groups in total. The third-order valence-electron chi connectivity index (χ3n) is 15.1. The number of carbonyl (C=O) groups is 4. The van der Waals surface area contributed by atoms with Crippen molar-refractivity contribution in [3.05, 3.63) is 46.8 Å². The highest BCUT2D eigenvalue weighted by Crippen LogP contribution is 2.72. The summed E-state index contributed by atoms with van der Waals surface area (Å²) in [4.78, 5) is 51.4. The van der Waals surface area contributed by atoms with Crippen LogP contribution in [0.1, 0.15) is 125 Å². The summed E-state index contributed by atoms with van der Waals surface area (Å²) >= 11 is 0. The standard InChI is InChI=1S/C44H62FNO7/c1-25(2)38-33(48)21-44(36(52-27(4)47)24-46-23-28-9-11-29(45)12-10-28)20-16-32-30(39(38)44)13-14-35-42(7)19-17-34(26(3)31(42)15-18-43(32,35)8)53-37(49)22-41(5,6)40(50)51/h9-12,25-26,30-32,34-36,46H,13-24H2,1-8H3,(H,50,51). The van der Waals surface area contributed by atoms with E-state index in [-0.39, 0.29) is 58.7 Å². The molecule has 4 saturated carbocycles. The first kappa shape index (κ1) is 39.6. The van der Waals surface area contributed by atoms with E-state index in [2.05, 4.69) is 39.9 Å². The summed E-state index contributed by atoms with van der Waals surface area (Å²) in [5, 5.41) is 13.0. The van der Waals surface area contributed by atoms with Gasteiger partial charge in [-0.2, -0.15) is 0 Å². The molecule has 10 atom stereocenters. The Labute approximate surface area is 315 Å². The normalized spacial score (nSPS) is 35.8. The largest absolute Gasteiger partial charge is 0.481 e. The molecule has 5 aliphatic carbocycles. The Morgan fingerprint density at radius 2 is 1.62 bits per heavy atom. The number of rotatable bonds is 11. The molecule has 0 bridgehead atoms. The molecule has 9 heteroatoms. The molecule has 0 spiro atoms. The third kappa shape index (κ3) is 7.02. The number of aliphatic carboxylic acids is 1. The average Bonchev–Trinajstić information content (AvgIpc) is 3.39. The highest BCUT2D eigenvalue weighted by molar-refractivity contribution is 6.00. The van der Waals surface area contributed by atoms with E-state index in [1.807, 2.05) is 0 Å². The van der Waals surface area contributed by atoms with E-state index in [1.165, 1.54) is 24.6 Å². The Balaban J connectivity index is 1.25. The Kier molecular flexibility index (Phi) is 10.9. The van der Waals surface area contributed by atoms with Crippen molar-refractivity contribution >= 4 is 23.7 Å². The van der Waals surface area contributed by atoms with Crippen molar-refractivity contribution in [2.75, 3.05) is 6.54 Å². The van der Waals surface area contributed by atoms with Crippen LogP contribution in [0.15, 0.2) is 35.4 Å². The number of nitrogens with one attached hydrogen (secondary N) is 1. The number of carbonyl (C=O) groups excluding carboxylic acids is 3. The van der Waals surface area contributed by atoms with Crippen LogP contribution in [0.3, 0.4) is 0 Å². The van der Waals surface area contributed by atoms with Crippen LogP contribution in [-0.2, 0) is 35.2 Å². The van der Waals surface area contributed by atoms with Gasteiger partial charge in [-0.15, -0.1) is 0 Å². The van der Waals surface area contributed by atoms with E-state index in [0.29, 0.717) is 37.3 Å². The second kappa shape index (κ2) is 14.5.